The number of hydrogen-bond donors (Lipinski definition) is 1. The molecule has 0 saturated carbocycles. The Hall–Kier alpha value is -2.95. The molecule has 0 fully saturated rings. The van der Waals surface area contributed by atoms with Crippen LogP contribution in [0.5, 0.6) is 23.2 Å². The maximum Gasteiger partial charge on any atom is 0.294 e. The minimum absolute atomic E-state index is 0.0475. The van der Waals surface area contributed by atoms with Crippen LogP contribution in [0, 0.1) is 0 Å². The first kappa shape index (κ1) is 13.1. The molecular formula is C16H12O5. The monoisotopic (exact) mass is 284 g/mol. The number of aromatic hydroxyl groups is 1. The Morgan fingerprint density at radius 3 is 2.67 bits per heavy atom. The van der Waals surface area contributed by atoms with Crippen LogP contribution in [0.3, 0.4) is 0 Å². The number of phenols is 1. The van der Waals surface area contributed by atoms with Gasteiger partial charge in [0.2, 0.25) is 0 Å². The summed E-state index contributed by atoms with van der Waals surface area (Å²) in [6.45, 7) is 0. The van der Waals surface area contributed by atoms with E-state index < -0.39 is 0 Å². The fourth-order valence-electron chi connectivity index (χ4n) is 1.95. The molecule has 2 aromatic carbocycles. The highest BCUT2D eigenvalue weighted by Crippen LogP contribution is 2.27. The van der Waals surface area contributed by atoms with Crippen LogP contribution >= 0.6 is 0 Å². The van der Waals surface area contributed by atoms with Crippen LogP contribution in [0.2, 0.25) is 0 Å². The largest absolute Gasteiger partial charge is 0.508 e. The van der Waals surface area contributed by atoms with Crippen molar-refractivity contribution >= 4 is 11.0 Å². The van der Waals surface area contributed by atoms with Crippen molar-refractivity contribution in [2.75, 3.05) is 7.11 Å². The van der Waals surface area contributed by atoms with Gasteiger partial charge in [-0.15, -0.1) is 0 Å². The first-order chi connectivity index (χ1) is 10.2. The van der Waals surface area contributed by atoms with Crippen LogP contribution in [0.25, 0.3) is 11.0 Å². The third-order valence-corrected chi connectivity index (χ3v) is 2.95. The number of rotatable bonds is 3. The summed E-state index contributed by atoms with van der Waals surface area (Å²) < 4.78 is 16.1. The number of methoxy groups -OCH3 is 1. The van der Waals surface area contributed by atoms with Crippen molar-refractivity contribution in [1.82, 2.24) is 0 Å². The minimum Gasteiger partial charge on any atom is -0.508 e. The Balaban J connectivity index is 2.05. The van der Waals surface area contributed by atoms with Gasteiger partial charge in [0, 0.05) is 12.1 Å². The van der Waals surface area contributed by atoms with E-state index in [-0.39, 0.29) is 17.1 Å². The first-order valence-corrected chi connectivity index (χ1v) is 6.24. The van der Waals surface area contributed by atoms with Gasteiger partial charge in [0.15, 0.2) is 5.43 Å². The molecule has 3 rings (SSSR count). The summed E-state index contributed by atoms with van der Waals surface area (Å²) in [6.07, 6.45) is 0. The summed E-state index contributed by atoms with van der Waals surface area (Å²) in [5, 5.41) is 9.84. The number of phenolic OH excluding ortho intramolecular Hbond substituents is 1. The van der Waals surface area contributed by atoms with Gasteiger partial charge in [-0.3, -0.25) is 4.79 Å². The molecule has 0 saturated heterocycles. The predicted molar refractivity (Wildman–Crippen MR) is 77.2 cm³/mol. The molecule has 1 aromatic heterocycles. The zero-order valence-electron chi connectivity index (χ0n) is 11.2. The molecule has 0 atom stereocenters. The van der Waals surface area contributed by atoms with Crippen LogP contribution in [0.1, 0.15) is 0 Å². The smallest absolute Gasteiger partial charge is 0.294 e. The fourth-order valence-corrected chi connectivity index (χ4v) is 1.95. The standard InChI is InChI=1S/C16H12O5/c1-19-11-5-6-13-14(18)9-16(21-15(13)8-11)20-12-4-2-3-10(17)7-12/h2-9,17H,1H3. The summed E-state index contributed by atoms with van der Waals surface area (Å²) in [6, 6.07) is 12.4. The third kappa shape index (κ3) is 2.67. The van der Waals surface area contributed by atoms with E-state index >= 15 is 0 Å². The van der Waals surface area contributed by atoms with E-state index in [2.05, 4.69) is 0 Å². The number of ether oxygens (including phenoxy) is 2. The molecule has 3 aromatic rings. The Bertz CT molecular complexity index is 851. The minimum atomic E-state index is -0.214. The van der Waals surface area contributed by atoms with E-state index in [1.165, 1.54) is 25.3 Å². The molecule has 21 heavy (non-hydrogen) atoms. The molecule has 5 nitrogen and oxygen atoms in total. The van der Waals surface area contributed by atoms with E-state index in [9.17, 15) is 9.90 Å². The van der Waals surface area contributed by atoms with Crippen molar-refractivity contribution in [3.8, 4) is 23.2 Å². The number of fused-ring (bicyclic) bond motifs is 1. The Labute approximate surface area is 120 Å². The van der Waals surface area contributed by atoms with Gasteiger partial charge in [-0.2, -0.15) is 0 Å². The lowest BCUT2D eigenvalue weighted by Gasteiger charge is -2.06. The Kier molecular flexibility index (Phi) is 3.23. The van der Waals surface area contributed by atoms with Gasteiger partial charge in [-0.25, -0.2) is 0 Å². The summed E-state index contributed by atoms with van der Waals surface area (Å²) >= 11 is 0. The normalized spacial score (nSPS) is 10.5. The average Bonchev–Trinajstić information content (AvgIpc) is 2.46. The Morgan fingerprint density at radius 1 is 1.05 bits per heavy atom. The van der Waals surface area contributed by atoms with Crippen molar-refractivity contribution in [2.24, 2.45) is 0 Å². The van der Waals surface area contributed by atoms with Gasteiger partial charge in [0.05, 0.1) is 18.6 Å². The molecule has 1 heterocycles. The second kappa shape index (κ2) is 5.20. The average molecular weight is 284 g/mol. The second-order valence-corrected chi connectivity index (χ2v) is 4.39. The van der Waals surface area contributed by atoms with Crippen molar-refractivity contribution in [2.45, 2.75) is 0 Å². The van der Waals surface area contributed by atoms with Gasteiger partial charge < -0.3 is 19.0 Å². The highest BCUT2D eigenvalue weighted by atomic mass is 16.6. The van der Waals surface area contributed by atoms with Crippen LogP contribution in [0.15, 0.2) is 57.7 Å². The molecule has 0 aliphatic heterocycles. The predicted octanol–water partition coefficient (Wildman–Crippen LogP) is 3.30. The molecule has 0 radical (unpaired) electrons. The molecule has 0 amide bonds. The summed E-state index contributed by atoms with van der Waals surface area (Å²) in [4.78, 5) is 12.0. The van der Waals surface area contributed by atoms with Gasteiger partial charge in [0.25, 0.3) is 5.95 Å². The molecule has 106 valence electrons. The van der Waals surface area contributed by atoms with Gasteiger partial charge in [-0.05, 0) is 24.3 Å². The Morgan fingerprint density at radius 2 is 1.90 bits per heavy atom. The van der Waals surface area contributed by atoms with E-state index in [0.29, 0.717) is 22.5 Å². The summed E-state index contributed by atoms with van der Waals surface area (Å²) in [7, 11) is 1.53. The van der Waals surface area contributed by atoms with Crippen LogP contribution in [0.4, 0.5) is 0 Å². The highest BCUT2D eigenvalue weighted by Gasteiger charge is 2.08. The van der Waals surface area contributed by atoms with Crippen LogP contribution in [-0.2, 0) is 0 Å². The molecule has 0 spiro atoms. The molecule has 0 unspecified atom stereocenters. The topological polar surface area (TPSA) is 68.9 Å². The molecule has 0 aliphatic rings. The lowest BCUT2D eigenvalue weighted by Crippen LogP contribution is -2.00. The quantitative estimate of drug-likeness (QED) is 0.799. The van der Waals surface area contributed by atoms with Crippen molar-refractivity contribution in [3.63, 3.8) is 0 Å². The molecule has 5 heteroatoms. The van der Waals surface area contributed by atoms with Crippen molar-refractivity contribution < 1.29 is 19.0 Å². The molecular weight excluding hydrogens is 272 g/mol. The molecule has 0 aliphatic carbocycles. The zero-order chi connectivity index (χ0) is 14.8. The SMILES string of the molecule is COc1ccc2c(=O)cc(Oc3cccc(O)c3)oc2c1. The van der Waals surface area contributed by atoms with Crippen molar-refractivity contribution in [3.05, 3.63) is 58.8 Å². The van der Waals surface area contributed by atoms with E-state index in [1.54, 1.807) is 30.3 Å². The van der Waals surface area contributed by atoms with Crippen LogP contribution < -0.4 is 14.9 Å². The highest BCUT2D eigenvalue weighted by molar-refractivity contribution is 5.78. The van der Waals surface area contributed by atoms with Crippen LogP contribution in [-0.4, -0.2) is 12.2 Å². The van der Waals surface area contributed by atoms with Gasteiger partial charge in [-0.1, -0.05) is 6.07 Å². The lowest BCUT2D eigenvalue weighted by atomic mass is 10.2. The van der Waals surface area contributed by atoms with E-state index in [1.807, 2.05) is 0 Å². The fraction of sp³-hybridized carbons (Fsp3) is 0.0625. The maximum atomic E-state index is 12.0. The van der Waals surface area contributed by atoms with Gasteiger partial charge in [0.1, 0.15) is 22.8 Å². The van der Waals surface area contributed by atoms with Crippen molar-refractivity contribution in [1.29, 1.82) is 0 Å². The summed E-state index contributed by atoms with van der Waals surface area (Å²) in [5.41, 5.74) is 0.158. The second-order valence-electron chi connectivity index (χ2n) is 4.39. The molecule has 1 N–H and O–H groups in total. The number of benzene rings is 2. The summed E-state index contributed by atoms with van der Waals surface area (Å²) in [5.74, 6) is 1.07. The molecule has 0 bridgehead atoms. The number of hydrogen-bond acceptors (Lipinski definition) is 5. The third-order valence-electron chi connectivity index (χ3n) is 2.95. The maximum absolute atomic E-state index is 12.0. The lowest BCUT2D eigenvalue weighted by molar-refractivity contribution is 0.350. The van der Waals surface area contributed by atoms with E-state index in [4.69, 9.17) is 13.9 Å². The van der Waals surface area contributed by atoms with E-state index in [0.717, 1.165) is 0 Å². The zero-order valence-corrected chi connectivity index (χ0v) is 11.2. The van der Waals surface area contributed by atoms with Gasteiger partial charge >= 0.3 is 0 Å². The first-order valence-electron chi connectivity index (χ1n) is 6.24.